The van der Waals surface area contributed by atoms with Gasteiger partial charge in [-0.05, 0) is 33.4 Å². The number of hydrogen-bond donors (Lipinski definition) is 1. The molecule has 0 unspecified atom stereocenters. The molecule has 16 heavy (non-hydrogen) atoms. The van der Waals surface area contributed by atoms with Crippen molar-refractivity contribution in [3.8, 4) is 0 Å². The minimum absolute atomic E-state index is 0.376. The zero-order valence-electron chi connectivity index (χ0n) is 10.2. The van der Waals surface area contributed by atoms with Gasteiger partial charge in [0.2, 0.25) is 0 Å². The molecule has 0 saturated carbocycles. The molecule has 1 aliphatic rings. The van der Waals surface area contributed by atoms with Crippen LogP contribution < -0.4 is 5.32 Å². The van der Waals surface area contributed by atoms with Gasteiger partial charge in [-0.3, -0.25) is 9.59 Å². The van der Waals surface area contributed by atoms with Crippen LogP contribution in [-0.2, 0) is 9.59 Å². The molecule has 0 atom stereocenters. The first kappa shape index (κ1) is 13.0. The molecule has 1 aliphatic heterocycles. The van der Waals surface area contributed by atoms with E-state index in [4.69, 9.17) is 0 Å². The second kappa shape index (κ2) is 6.48. The molecule has 92 valence electrons. The summed E-state index contributed by atoms with van der Waals surface area (Å²) < 4.78 is 0. The summed E-state index contributed by atoms with van der Waals surface area (Å²) in [7, 11) is 3.86. The summed E-state index contributed by atoms with van der Waals surface area (Å²) in [6.45, 7) is 2.71. The minimum atomic E-state index is -0.469. The quantitative estimate of drug-likeness (QED) is 0.672. The van der Waals surface area contributed by atoms with Crippen molar-refractivity contribution in [1.29, 1.82) is 0 Å². The second-order valence-electron chi connectivity index (χ2n) is 4.41. The molecule has 0 spiro atoms. The van der Waals surface area contributed by atoms with Crippen LogP contribution in [0.2, 0.25) is 0 Å². The lowest BCUT2D eigenvalue weighted by atomic mass is 10.1. The van der Waals surface area contributed by atoms with Crippen LogP contribution in [-0.4, -0.2) is 61.9 Å². The average Bonchev–Trinajstić information content (AvgIpc) is 2.28. The Balaban J connectivity index is 2.26. The number of rotatable bonds is 3. The van der Waals surface area contributed by atoms with Crippen molar-refractivity contribution >= 4 is 11.8 Å². The molecule has 2 amide bonds. The lowest BCUT2D eigenvalue weighted by Gasteiger charge is -2.26. The number of hydrogen-bond acceptors (Lipinski definition) is 3. The molecular weight excluding hydrogens is 206 g/mol. The summed E-state index contributed by atoms with van der Waals surface area (Å²) in [5.74, 6) is -0.845. The van der Waals surface area contributed by atoms with E-state index in [1.165, 1.54) is 0 Å². The molecule has 0 radical (unpaired) electrons. The summed E-state index contributed by atoms with van der Waals surface area (Å²) >= 11 is 0. The van der Waals surface area contributed by atoms with Crippen LogP contribution in [0.25, 0.3) is 0 Å². The molecule has 0 aliphatic carbocycles. The SMILES string of the molecule is CN(C)CCNC(=O)C(=O)N1CCCCC1. The highest BCUT2D eigenvalue weighted by Gasteiger charge is 2.22. The maximum Gasteiger partial charge on any atom is 0.311 e. The molecule has 0 aromatic rings. The van der Waals surface area contributed by atoms with Crippen LogP contribution in [0.3, 0.4) is 0 Å². The number of likely N-dealkylation sites (tertiary alicyclic amines) is 1. The van der Waals surface area contributed by atoms with E-state index in [0.29, 0.717) is 6.54 Å². The fraction of sp³-hybridized carbons (Fsp3) is 0.818. The molecule has 0 aromatic carbocycles. The van der Waals surface area contributed by atoms with Gasteiger partial charge in [-0.25, -0.2) is 0 Å². The molecule has 0 aromatic heterocycles. The Labute approximate surface area is 96.8 Å². The Bertz CT molecular complexity index is 248. The summed E-state index contributed by atoms with van der Waals surface area (Å²) in [5, 5.41) is 2.64. The predicted octanol–water partition coefficient (Wildman–Crippen LogP) is -0.323. The van der Waals surface area contributed by atoms with Crippen molar-refractivity contribution in [3.63, 3.8) is 0 Å². The van der Waals surface area contributed by atoms with Gasteiger partial charge in [0.1, 0.15) is 0 Å². The molecule has 1 saturated heterocycles. The van der Waals surface area contributed by atoms with Crippen LogP contribution in [0.15, 0.2) is 0 Å². The third-order valence-electron chi connectivity index (χ3n) is 2.68. The smallest absolute Gasteiger partial charge is 0.311 e. The molecule has 1 rings (SSSR count). The lowest BCUT2D eigenvalue weighted by molar-refractivity contribution is -0.146. The van der Waals surface area contributed by atoms with Gasteiger partial charge in [-0.1, -0.05) is 0 Å². The van der Waals surface area contributed by atoms with Crippen molar-refractivity contribution in [1.82, 2.24) is 15.1 Å². The maximum atomic E-state index is 11.7. The topological polar surface area (TPSA) is 52.7 Å². The highest BCUT2D eigenvalue weighted by molar-refractivity contribution is 6.35. The molecule has 1 N–H and O–H groups in total. The Morgan fingerprint density at radius 2 is 1.81 bits per heavy atom. The Kier molecular flexibility index (Phi) is 5.25. The van der Waals surface area contributed by atoms with Crippen molar-refractivity contribution in [2.75, 3.05) is 40.3 Å². The zero-order valence-corrected chi connectivity index (χ0v) is 10.2. The first-order valence-corrected chi connectivity index (χ1v) is 5.83. The van der Waals surface area contributed by atoms with Crippen LogP contribution in [0.5, 0.6) is 0 Å². The highest BCUT2D eigenvalue weighted by Crippen LogP contribution is 2.08. The van der Waals surface area contributed by atoms with E-state index in [0.717, 1.165) is 38.9 Å². The van der Waals surface area contributed by atoms with Crippen molar-refractivity contribution < 1.29 is 9.59 Å². The summed E-state index contributed by atoms with van der Waals surface area (Å²) in [5.41, 5.74) is 0. The van der Waals surface area contributed by atoms with Gasteiger partial charge >= 0.3 is 11.8 Å². The number of nitrogens with zero attached hydrogens (tertiary/aromatic N) is 2. The number of likely N-dealkylation sites (N-methyl/N-ethyl adjacent to an activating group) is 1. The average molecular weight is 227 g/mol. The number of carbonyl (C=O) groups excluding carboxylic acids is 2. The summed E-state index contributed by atoms with van der Waals surface area (Å²) in [4.78, 5) is 26.8. The predicted molar refractivity (Wildman–Crippen MR) is 62.0 cm³/mol. The second-order valence-corrected chi connectivity index (χ2v) is 4.41. The fourth-order valence-corrected chi connectivity index (χ4v) is 1.71. The van der Waals surface area contributed by atoms with Gasteiger partial charge in [-0.15, -0.1) is 0 Å². The van der Waals surface area contributed by atoms with Crippen molar-refractivity contribution in [2.24, 2.45) is 0 Å². The fourth-order valence-electron chi connectivity index (χ4n) is 1.71. The third kappa shape index (κ3) is 4.18. The van der Waals surface area contributed by atoms with Crippen LogP contribution in [0.1, 0.15) is 19.3 Å². The van der Waals surface area contributed by atoms with Crippen LogP contribution >= 0.6 is 0 Å². The summed E-state index contributed by atoms with van der Waals surface area (Å²) in [6.07, 6.45) is 3.18. The summed E-state index contributed by atoms with van der Waals surface area (Å²) in [6, 6.07) is 0. The van der Waals surface area contributed by atoms with Gasteiger partial charge in [-0.2, -0.15) is 0 Å². The normalized spacial score (nSPS) is 16.3. The molecule has 1 fully saturated rings. The monoisotopic (exact) mass is 227 g/mol. The van der Waals surface area contributed by atoms with Gasteiger partial charge in [0.25, 0.3) is 0 Å². The molecule has 5 heteroatoms. The van der Waals surface area contributed by atoms with Gasteiger partial charge < -0.3 is 15.1 Å². The van der Waals surface area contributed by atoms with E-state index in [1.807, 2.05) is 19.0 Å². The molecule has 1 heterocycles. The van der Waals surface area contributed by atoms with E-state index in [1.54, 1.807) is 4.90 Å². The number of nitrogens with one attached hydrogen (secondary N) is 1. The van der Waals surface area contributed by atoms with Crippen LogP contribution in [0.4, 0.5) is 0 Å². The van der Waals surface area contributed by atoms with Gasteiger partial charge in [0.05, 0.1) is 0 Å². The van der Waals surface area contributed by atoms with E-state index in [-0.39, 0.29) is 5.91 Å². The third-order valence-corrected chi connectivity index (χ3v) is 2.68. The van der Waals surface area contributed by atoms with E-state index >= 15 is 0 Å². The van der Waals surface area contributed by atoms with Crippen LogP contribution in [0, 0.1) is 0 Å². The number of carbonyl (C=O) groups is 2. The molecule has 5 nitrogen and oxygen atoms in total. The van der Waals surface area contributed by atoms with E-state index < -0.39 is 5.91 Å². The number of piperidine rings is 1. The first-order valence-electron chi connectivity index (χ1n) is 5.83. The maximum absolute atomic E-state index is 11.7. The highest BCUT2D eigenvalue weighted by atomic mass is 16.2. The van der Waals surface area contributed by atoms with Gasteiger partial charge in [0.15, 0.2) is 0 Å². The lowest BCUT2D eigenvalue weighted by Crippen LogP contribution is -2.46. The Morgan fingerprint density at radius 3 is 2.38 bits per heavy atom. The largest absolute Gasteiger partial charge is 0.347 e. The molecular formula is C11H21N3O2. The minimum Gasteiger partial charge on any atom is -0.347 e. The Hall–Kier alpha value is -1.10. The standard InChI is InChI=1S/C11H21N3O2/c1-13(2)9-6-12-10(15)11(16)14-7-4-3-5-8-14/h3-9H2,1-2H3,(H,12,15). The van der Waals surface area contributed by atoms with Gasteiger partial charge in [0, 0.05) is 26.2 Å². The van der Waals surface area contributed by atoms with E-state index in [2.05, 4.69) is 5.32 Å². The molecule has 0 bridgehead atoms. The number of amides is 2. The first-order chi connectivity index (χ1) is 7.61. The van der Waals surface area contributed by atoms with E-state index in [9.17, 15) is 9.59 Å². The van der Waals surface area contributed by atoms with Crippen molar-refractivity contribution in [2.45, 2.75) is 19.3 Å². The zero-order chi connectivity index (χ0) is 12.0. The van der Waals surface area contributed by atoms with Crippen molar-refractivity contribution in [3.05, 3.63) is 0 Å². The Morgan fingerprint density at radius 1 is 1.19 bits per heavy atom.